The first kappa shape index (κ1) is 19.6. The number of nitro groups is 1. The highest BCUT2D eigenvalue weighted by Gasteiger charge is 2.22. The van der Waals surface area contributed by atoms with Crippen molar-refractivity contribution >= 4 is 23.0 Å². The smallest absolute Gasteiger partial charge is 0.270 e. The number of aryl methyl sites for hydroxylation is 1. The van der Waals surface area contributed by atoms with Crippen molar-refractivity contribution in [3.63, 3.8) is 0 Å². The molecule has 1 fully saturated rings. The fourth-order valence-corrected chi connectivity index (χ4v) is 3.45. The van der Waals surface area contributed by atoms with Crippen LogP contribution < -0.4 is 10.2 Å². The Balaban J connectivity index is 1.65. The highest BCUT2D eigenvalue weighted by atomic mass is 16.6. The number of ether oxygens (including phenoxy) is 1. The fourth-order valence-electron chi connectivity index (χ4n) is 3.45. The normalized spacial score (nSPS) is 13.8. The third kappa shape index (κ3) is 4.01. The zero-order chi connectivity index (χ0) is 21.1. The van der Waals surface area contributed by atoms with Gasteiger partial charge < -0.3 is 15.0 Å². The molecule has 9 heteroatoms. The lowest BCUT2D eigenvalue weighted by atomic mass is 10.1. The Morgan fingerprint density at radius 2 is 1.97 bits per heavy atom. The molecular formula is C21H21N5O4. The molecule has 30 heavy (non-hydrogen) atoms. The van der Waals surface area contributed by atoms with Crippen molar-refractivity contribution in [2.75, 3.05) is 36.5 Å². The number of hydrogen-bond donors (Lipinski definition) is 1. The quantitative estimate of drug-likeness (QED) is 0.515. The Bertz CT molecular complexity index is 1090. The van der Waals surface area contributed by atoms with E-state index in [1.165, 1.54) is 12.1 Å². The summed E-state index contributed by atoms with van der Waals surface area (Å²) in [5.74, 6) is -0.408. The van der Waals surface area contributed by atoms with Gasteiger partial charge in [0.25, 0.3) is 11.6 Å². The summed E-state index contributed by atoms with van der Waals surface area (Å²) in [5.41, 5.74) is 3.13. The van der Waals surface area contributed by atoms with Gasteiger partial charge in [0.15, 0.2) is 0 Å². The standard InChI is InChI=1S/C21H21N5O4/c1-15-7-8-22-25(15)17-4-2-3-16(13-17)23-21(27)19-14-18(26(28)29)5-6-20(19)24-9-11-30-12-10-24/h2-8,13-14H,9-12H2,1H3,(H,23,27). The zero-order valence-electron chi connectivity index (χ0n) is 16.4. The average Bonchev–Trinajstić information content (AvgIpc) is 3.20. The molecule has 1 aromatic heterocycles. The van der Waals surface area contributed by atoms with E-state index in [4.69, 9.17) is 4.74 Å². The van der Waals surface area contributed by atoms with Gasteiger partial charge in [0.1, 0.15) is 0 Å². The molecule has 0 atom stereocenters. The molecule has 1 amide bonds. The van der Waals surface area contributed by atoms with Crippen LogP contribution in [0.2, 0.25) is 0 Å². The maximum atomic E-state index is 13.1. The van der Waals surface area contributed by atoms with Gasteiger partial charge in [0.2, 0.25) is 0 Å². The first-order valence-corrected chi connectivity index (χ1v) is 9.56. The number of carbonyl (C=O) groups excluding carboxylic acids is 1. The minimum Gasteiger partial charge on any atom is -0.378 e. The van der Waals surface area contributed by atoms with Gasteiger partial charge in [-0.25, -0.2) is 4.68 Å². The molecule has 0 unspecified atom stereocenters. The lowest BCUT2D eigenvalue weighted by Crippen LogP contribution is -2.37. The molecule has 2 heterocycles. The summed E-state index contributed by atoms with van der Waals surface area (Å²) in [6, 6.07) is 13.6. The third-order valence-electron chi connectivity index (χ3n) is 4.97. The van der Waals surface area contributed by atoms with E-state index in [1.54, 1.807) is 23.0 Å². The number of non-ortho nitro benzene ring substituents is 1. The van der Waals surface area contributed by atoms with E-state index in [-0.39, 0.29) is 11.3 Å². The molecule has 3 aromatic rings. The van der Waals surface area contributed by atoms with Crippen molar-refractivity contribution in [2.45, 2.75) is 6.92 Å². The highest BCUT2D eigenvalue weighted by Crippen LogP contribution is 2.27. The van der Waals surface area contributed by atoms with Gasteiger partial charge in [-0.15, -0.1) is 0 Å². The average molecular weight is 407 g/mol. The van der Waals surface area contributed by atoms with E-state index in [1.807, 2.05) is 36.1 Å². The minimum absolute atomic E-state index is 0.127. The summed E-state index contributed by atoms with van der Waals surface area (Å²) in [5, 5.41) is 18.4. The van der Waals surface area contributed by atoms with Crippen molar-refractivity contribution in [3.8, 4) is 5.69 Å². The molecule has 1 saturated heterocycles. The predicted octanol–water partition coefficient (Wildman–Crippen LogP) is 3.18. The fraction of sp³-hybridized carbons (Fsp3) is 0.238. The van der Waals surface area contributed by atoms with Crippen molar-refractivity contribution in [3.05, 3.63) is 76.1 Å². The lowest BCUT2D eigenvalue weighted by Gasteiger charge is -2.30. The summed E-state index contributed by atoms with van der Waals surface area (Å²) in [7, 11) is 0. The molecule has 2 aromatic carbocycles. The second kappa shape index (κ2) is 8.34. The molecule has 1 aliphatic heterocycles. The van der Waals surface area contributed by atoms with E-state index >= 15 is 0 Å². The molecule has 4 rings (SSSR count). The Hall–Kier alpha value is -3.72. The Morgan fingerprint density at radius 1 is 1.17 bits per heavy atom. The van der Waals surface area contributed by atoms with Crippen LogP contribution in [-0.4, -0.2) is 46.9 Å². The van der Waals surface area contributed by atoms with Crippen LogP contribution >= 0.6 is 0 Å². The second-order valence-electron chi connectivity index (χ2n) is 6.95. The van der Waals surface area contributed by atoms with Gasteiger partial charge in [-0.2, -0.15) is 5.10 Å². The Morgan fingerprint density at radius 3 is 2.67 bits per heavy atom. The van der Waals surface area contributed by atoms with Crippen molar-refractivity contribution in [1.82, 2.24) is 9.78 Å². The molecule has 1 N–H and O–H groups in total. The van der Waals surface area contributed by atoms with E-state index in [0.717, 1.165) is 11.4 Å². The monoisotopic (exact) mass is 407 g/mol. The van der Waals surface area contributed by atoms with Gasteiger partial charge in [-0.3, -0.25) is 14.9 Å². The van der Waals surface area contributed by atoms with E-state index in [2.05, 4.69) is 10.4 Å². The highest BCUT2D eigenvalue weighted by molar-refractivity contribution is 6.08. The molecule has 154 valence electrons. The summed E-state index contributed by atoms with van der Waals surface area (Å²) in [4.78, 5) is 25.9. The number of hydrogen-bond acceptors (Lipinski definition) is 6. The molecule has 0 spiro atoms. The summed E-state index contributed by atoms with van der Waals surface area (Å²) in [6.45, 7) is 4.26. The van der Waals surface area contributed by atoms with E-state index in [0.29, 0.717) is 37.7 Å². The number of amides is 1. The Kier molecular flexibility index (Phi) is 5.44. The van der Waals surface area contributed by atoms with Crippen molar-refractivity contribution in [2.24, 2.45) is 0 Å². The molecule has 0 aliphatic carbocycles. The Labute approximate surface area is 173 Å². The van der Waals surface area contributed by atoms with Gasteiger partial charge in [-0.1, -0.05) is 6.07 Å². The number of nitro benzene ring substituents is 1. The largest absolute Gasteiger partial charge is 0.378 e. The number of rotatable bonds is 5. The lowest BCUT2D eigenvalue weighted by molar-refractivity contribution is -0.384. The van der Waals surface area contributed by atoms with Gasteiger partial charge in [0, 0.05) is 42.8 Å². The van der Waals surface area contributed by atoms with Crippen molar-refractivity contribution < 1.29 is 14.5 Å². The third-order valence-corrected chi connectivity index (χ3v) is 4.97. The van der Waals surface area contributed by atoms with E-state index < -0.39 is 10.8 Å². The molecule has 0 bridgehead atoms. The van der Waals surface area contributed by atoms with Gasteiger partial charge in [-0.05, 0) is 37.3 Å². The number of aromatic nitrogens is 2. The molecule has 1 aliphatic rings. The van der Waals surface area contributed by atoms with E-state index in [9.17, 15) is 14.9 Å². The summed E-state index contributed by atoms with van der Waals surface area (Å²) in [6.07, 6.45) is 1.71. The second-order valence-corrected chi connectivity index (χ2v) is 6.95. The first-order valence-electron chi connectivity index (χ1n) is 9.56. The number of benzene rings is 2. The number of carbonyl (C=O) groups is 1. The van der Waals surface area contributed by atoms with Crippen LogP contribution in [0.5, 0.6) is 0 Å². The van der Waals surface area contributed by atoms with Crippen LogP contribution in [0.1, 0.15) is 16.1 Å². The molecule has 9 nitrogen and oxygen atoms in total. The number of nitrogens with zero attached hydrogens (tertiary/aromatic N) is 4. The topological polar surface area (TPSA) is 103 Å². The SMILES string of the molecule is Cc1ccnn1-c1cccc(NC(=O)c2cc([N+](=O)[O-])ccc2N2CCOCC2)c1. The van der Waals surface area contributed by atoms with Crippen molar-refractivity contribution in [1.29, 1.82) is 0 Å². The van der Waals surface area contributed by atoms with Crippen LogP contribution in [0.25, 0.3) is 5.69 Å². The van der Waals surface area contributed by atoms with Crippen LogP contribution in [0.4, 0.5) is 17.1 Å². The molecular weight excluding hydrogens is 386 g/mol. The summed E-state index contributed by atoms with van der Waals surface area (Å²) < 4.78 is 7.14. The number of morpholine rings is 1. The van der Waals surface area contributed by atoms with Crippen LogP contribution in [0, 0.1) is 17.0 Å². The number of nitrogens with one attached hydrogen (secondary N) is 1. The van der Waals surface area contributed by atoms with Crippen LogP contribution in [0.15, 0.2) is 54.7 Å². The first-order chi connectivity index (χ1) is 14.5. The maximum absolute atomic E-state index is 13.1. The zero-order valence-corrected chi connectivity index (χ0v) is 16.4. The van der Waals surface area contributed by atoms with Crippen LogP contribution in [-0.2, 0) is 4.74 Å². The van der Waals surface area contributed by atoms with Gasteiger partial charge in [0.05, 0.1) is 35.1 Å². The maximum Gasteiger partial charge on any atom is 0.270 e. The summed E-state index contributed by atoms with van der Waals surface area (Å²) >= 11 is 0. The van der Waals surface area contributed by atoms with Crippen LogP contribution in [0.3, 0.4) is 0 Å². The predicted molar refractivity (Wildman–Crippen MR) is 112 cm³/mol. The molecule has 0 saturated carbocycles. The minimum atomic E-state index is -0.499. The van der Waals surface area contributed by atoms with Gasteiger partial charge >= 0.3 is 0 Å². The number of anilines is 2. The molecule has 0 radical (unpaired) electrons.